The van der Waals surface area contributed by atoms with Crippen LogP contribution in [0.4, 0.5) is 0 Å². The summed E-state index contributed by atoms with van der Waals surface area (Å²) in [6, 6.07) is 0.412. The molecule has 1 rings (SSSR count). The molecule has 1 heterocycles. The lowest BCUT2D eigenvalue weighted by Gasteiger charge is -2.12. The van der Waals surface area contributed by atoms with Gasteiger partial charge < -0.3 is 10.6 Å². The number of nitrogens with one attached hydrogen (secondary N) is 2. The second-order valence-electron chi connectivity index (χ2n) is 3.71. The number of hydrogen-bond donors (Lipinski definition) is 2. The summed E-state index contributed by atoms with van der Waals surface area (Å²) < 4.78 is 0. The highest BCUT2D eigenvalue weighted by molar-refractivity contribution is 7.11. The third-order valence-corrected chi connectivity index (χ3v) is 3.59. The topological polar surface area (TPSA) is 37.0 Å². The van der Waals surface area contributed by atoms with Crippen LogP contribution in [0.1, 0.15) is 35.5 Å². The van der Waals surface area contributed by atoms with Crippen LogP contribution in [0.3, 0.4) is 0 Å². The van der Waals surface area contributed by atoms with Crippen LogP contribution in [0.5, 0.6) is 0 Å². The lowest BCUT2D eigenvalue weighted by atomic mass is 10.2. The standard InChI is InChI=1S/C11H21N3S/c1-5-12-6-7-13-8(2)11-9(3)14-10(4)15-11/h8,12-13H,5-7H2,1-4H3. The van der Waals surface area contributed by atoms with Crippen LogP contribution in [0.15, 0.2) is 0 Å². The van der Waals surface area contributed by atoms with Gasteiger partial charge in [-0.1, -0.05) is 6.92 Å². The number of thiazole rings is 1. The van der Waals surface area contributed by atoms with Crippen LogP contribution in [0.2, 0.25) is 0 Å². The zero-order valence-corrected chi connectivity index (χ0v) is 10.9. The third kappa shape index (κ3) is 3.89. The summed E-state index contributed by atoms with van der Waals surface area (Å²) in [4.78, 5) is 5.80. The molecule has 0 aliphatic heterocycles. The Hall–Kier alpha value is -0.450. The van der Waals surface area contributed by atoms with Gasteiger partial charge in [-0.2, -0.15) is 0 Å². The van der Waals surface area contributed by atoms with Crippen molar-refractivity contribution >= 4 is 11.3 Å². The van der Waals surface area contributed by atoms with Gasteiger partial charge in [0.25, 0.3) is 0 Å². The van der Waals surface area contributed by atoms with Crippen molar-refractivity contribution in [1.82, 2.24) is 15.6 Å². The van der Waals surface area contributed by atoms with Crippen molar-refractivity contribution in [3.05, 3.63) is 15.6 Å². The van der Waals surface area contributed by atoms with E-state index < -0.39 is 0 Å². The molecule has 0 bridgehead atoms. The molecule has 3 nitrogen and oxygen atoms in total. The second-order valence-corrected chi connectivity index (χ2v) is 4.95. The Balaban J connectivity index is 2.39. The molecule has 0 aromatic carbocycles. The minimum absolute atomic E-state index is 0.412. The first-order chi connectivity index (χ1) is 7.15. The van der Waals surface area contributed by atoms with Crippen molar-refractivity contribution in [3.8, 4) is 0 Å². The maximum Gasteiger partial charge on any atom is 0.0900 e. The molecule has 1 atom stereocenters. The fourth-order valence-electron chi connectivity index (χ4n) is 1.60. The molecule has 0 radical (unpaired) electrons. The number of likely N-dealkylation sites (N-methyl/N-ethyl adjacent to an activating group) is 1. The minimum Gasteiger partial charge on any atom is -0.316 e. The molecule has 15 heavy (non-hydrogen) atoms. The van der Waals surface area contributed by atoms with Crippen molar-refractivity contribution in [2.24, 2.45) is 0 Å². The van der Waals surface area contributed by atoms with Gasteiger partial charge in [0.05, 0.1) is 10.7 Å². The van der Waals surface area contributed by atoms with E-state index >= 15 is 0 Å². The molecule has 0 aliphatic rings. The summed E-state index contributed by atoms with van der Waals surface area (Å²) in [5, 5.41) is 7.95. The number of rotatable bonds is 6. The van der Waals surface area contributed by atoms with E-state index in [0.29, 0.717) is 6.04 Å². The summed E-state index contributed by atoms with van der Waals surface area (Å²) in [5.41, 5.74) is 1.17. The summed E-state index contributed by atoms with van der Waals surface area (Å²) in [6.45, 7) is 11.5. The van der Waals surface area contributed by atoms with Crippen molar-refractivity contribution < 1.29 is 0 Å². The van der Waals surface area contributed by atoms with Gasteiger partial charge in [-0.05, 0) is 27.3 Å². The molecule has 4 heteroatoms. The first kappa shape index (κ1) is 12.6. The monoisotopic (exact) mass is 227 g/mol. The van der Waals surface area contributed by atoms with Crippen LogP contribution >= 0.6 is 11.3 Å². The van der Waals surface area contributed by atoms with E-state index in [1.807, 2.05) is 0 Å². The van der Waals surface area contributed by atoms with Gasteiger partial charge in [-0.25, -0.2) is 4.98 Å². The Bertz CT molecular complexity index is 296. The lowest BCUT2D eigenvalue weighted by molar-refractivity contribution is 0.555. The van der Waals surface area contributed by atoms with E-state index in [1.165, 1.54) is 10.6 Å². The minimum atomic E-state index is 0.412. The Morgan fingerprint density at radius 3 is 2.60 bits per heavy atom. The maximum absolute atomic E-state index is 4.44. The molecule has 0 saturated carbocycles. The van der Waals surface area contributed by atoms with Gasteiger partial charge >= 0.3 is 0 Å². The summed E-state index contributed by atoms with van der Waals surface area (Å²) in [6.07, 6.45) is 0. The Labute approximate surface area is 96.3 Å². The van der Waals surface area contributed by atoms with E-state index in [9.17, 15) is 0 Å². The van der Waals surface area contributed by atoms with Gasteiger partial charge in [-0.3, -0.25) is 0 Å². The molecule has 1 aromatic heterocycles. The van der Waals surface area contributed by atoms with Crippen LogP contribution in [0, 0.1) is 13.8 Å². The normalized spacial score (nSPS) is 13.1. The Morgan fingerprint density at radius 1 is 1.33 bits per heavy atom. The zero-order valence-electron chi connectivity index (χ0n) is 10.1. The SMILES string of the molecule is CCNCCNC(C)c1sc(C)nc1C. The number of nitrogens with zero attached hydrogens (tertiary/aromatic N) is 1. The Morgan fingerprint density at radius 2 is 2.07 bits per heavy atom. The molecule has 2 N–H and O–H groups in total. The fourth-order valence-corrected chi connectivity index (χ4v) is 2.55. The van der Waals surface area contributed by atoms with Gasteiger partial charge in [0, 0.05) is 24.0 Å². The molecule has 1 unspecified atom stereocenters. The molecule has 86 valence electrons. The van der Waals surface area contributed by atoms with Crippen LogP contribution in [-0.4, -0.2) is 24.6 Å². The number of aryl methyl sites for hydroxylation is 2. The number of hydrogen-bond acceptors (Lipinski definition) is 4. The smallest absolute Gasteiger partial charge is 0.0900 e. The highest BCUT2D eigenvalue weighted by atomic mass is 32.1. The molecule has 0 fully saturated rings. The Kier molecular flexibility index (Phi) is 5.22. The third-order valence-electron chi connectivity index (χ3n) is 2.33. The molecule has 0 amide bonds. The van der Waals surface area contributed by atoms with Crippen molar-refractivity contribution in [3.63, 3.8) is 0 Å². The van der Waals surface area contributed by atoms with Crippen molar-refractivity contribution in [2.75, 3.05) is 19.6 Å². The zero-order chi connectivity index (χ0) is 11.3. The predicted octanol–water partition coefficient (Wildman–Crippen LogP) is 2.02. The van der Waals surface area contributed by atoms with Crippen LogP contribution in [0.25, 0.3) is 0 Å². The second kappa shape index (κ2) is 6.20. The average molecular weight is 227 g/mol. The predicted molar refractivity (Wildman–Crippen MR) is 66.5 cm³/mol. The van der Waals surface area contributed by atoms with E-state index in [4.69, 9.17) is 0 Å². The van der Waals surface area contributed by atoms with Crippen LogP contribution in [-0.2, 0) is 0 Å². The molecular weight excluding hydrogens is 206 g/mol. The van der Waals surface area contributed by atoms with E-state index in [1.54, 1.807) is 11.3 Å². The van der Waals surface area contributed by atoms with Gasteiger partial charge in [0.1, 0.15) is 0 Å². The van der Waals surface area contributed by atoms with E-state index in [0.717, 1.165) is 24.6 Å². The fraction of sp³-hybridized carbons (Fsp3) is 0.727. The van der Waals surface area contributed by atoms with Gasteiger partial charge in [0.15, 0.2) is 0 Å². The first-order valence-electron chi connectivity index (χ1n) is 5.53. The molecule has 0 saturated heterocycles. The quantitative estimate of drug-likeness (QED) is 0.730. The summed E-state index contributed by atoms with van der Waals surface area (Å²) in [5.74, 6) is 0. The first-order valence-corrected chi connectivity index (χ1v) is 6.34. The summed E-state index contributed by atoms with van der Waals surface area (Å²) in [7, 11) is 0. The van der Waals surface area contributed by atoms with Gasteiger partial charge in [0.2, 0.25) is 0 Å². The van der Waals surface area contributed by atoms with Crippen molar-refractivity contribution in [1.29, 1.82) is 0 Å². The molecule has 1 aromatic rings. The highest BCUT2D eigenvalue weighted by Gasteiger charge is 2.11. The van der Waals surface area contributed by atoms with Crippen LogP contribution < -0.4 is 10.6 Å². The summed E-state index contributed by atoms with van der Waals surface area (Å²) >= 11 is 1.79. The molecule has 0 spiro atoms. The maximum atomic E-state index is 4.44. The van der Waals surface area contributed by atoms with E-state index in [2.05, 4.69) is 43.3 Å². The molecule has 0 aliphatic carbocycles. The van der Waals surface area contributed by atoms with E-state index in [-0.39, 0.29) is 0 Å². The molecular formula is C11H21N3S. The lowest BCUT2D eigenvalue weighted by Crippen LogP contribution is -2.28. The highest BCUT2D eigenvalue weighted by Crippen LogP contribution is 2.23. The largest absolute Gasteiger partial charge is 0.316 e. The average Bonchev–Trinajstić information content (AvgIpc) is 2.52. The van der Waals surface area contributed by atoms with Crippen molar-refractivity contribution in [2.45, 2.75) is 33.7 Å². The number of aromatic nitrogens is 1. The van der Waals surface area contributed by atoms with Gasteiger partial charge in [-0.15, -0.1) is 11.3 Å².